The van der Waals surface area contributed by atoms with Crippen molar-refractivity contribution in [2.24, 2.45) is 23.7 Å². The second-order valence-electron chi connectivity index (χ2n) is 6.11. The highest BCUT2D eigenvalue weighted by Crippen LogP contribution is 2.52. The van der Waals surface area contributed by atoms with E-state index < -0.39 is 0 Å². The van der Waals surface area contributed by atoms with Gasteiger partial charge in [-0.1, -0.05) is 19.8 Å². The van der Waals surface area contributed by atoms with Gasteiger partial charge in [0.15, 0.2) is 0 Å². The zero-order valence-corrected chi connectivity index (χ0v) is 10.0. The zero-order valence-electron chi connectivity index (χ0n) is 10.0. The van der Waals surface area contributed by atoms with Crippen LogP contribution in [0.4, 0.5) is 0 Å². The summed E-state index contributed by atoms with van der Waals surface area (Å²) in [5, 5.41) is 3.81. The topological polar surface area (TPSA) is 12.0 Å². The van der Waals surface area contributed by atoms with Crippen molar-refractivity contribution in [3.63, 3.8) is 0 Å². The summed E-state index contributed by atoms with van der Waals surface area (Å²) in [5.74, 6) is 4.30. The molecule has 15 heavy (non-hydrogen) atoms. The fourth-order valence-electron chi connectivity index (χ4n) is 4.44. The average molecular weight is 207 g/mol. The third-order valence-electron chi connectivity index (χ3n) is 5.35. The molecule has 0 aromatic carbocycles. The Morgan fingerprint density at radius 2 is 2.00 bits per heavy atom. The predicted molar refractivity (Wildman–Crippen MR) is 63.7 cm³/mol. The predicted octanol–water partition coefficient (Wildman–Crippen LogP) is 3.20. The highest BCUT2D eigenvalue weighted by atomic mass is 14.9. The molecule has 0 aromatic rings. The van der Waals surface area contributed by atoms with Gasteiger partial charge in [-0.25, -0.2) is 0 Å². The van der Waals surface area contributed by atoms with Crippen molar-refractivity contribution < 1.29 is 0 Å². The molecule has 0 heterocycles. The minimum atomic E-state index is 0.888. The van der Waals surface area contributed by atoms with Gasteiger partial charge >= 0.3 is 0 Å². The number of hydrogen-bond acceptors (Lipinski definition) is 1. The van der Waals surface area contributed by atoms with Crippen LogP contribution in [0.3, 0.4) is 0 Å². The first-order chi connectivity index (χ1) is 7.38. The monoisotopic (exact) mass is 207 g/mol. The first-order valence-corrected chi connectivity index (χ1v) is 7.12. The normalized spacial score (nSPS) is 41.8. The highest BCUT2D eigenvalue weighted by molar-refractivity contribution is 4.98. The van der Waals surface area contributed by atoms with Crippen molar-refractivity contribution in [1.82, 2.24) is 5.32 Å². The lowest BCUT2D eigenvalue weighted by Gasteiger charge is -2.41. The van der Waals surface area contributed by atoms with E-state index in [-0.39, 0.29) is 0 Å². The Bertz CT molecular complexity index is 221. The van der Waals surface area contributed by atoms with Gasteiger partial charge in [-0.3, -0.25) is 0 Å². The van der Waals surface area contributed by atoms with Gasteiger partial charge in [0, 0.05) is 6.04 Å². The summed E-state index contributed by atoms with van der Waals surface area (Å²) in [6.45, 7) is 3.45. The lowest BCUT2D eigenvalue weighted by molar-refractivity contribution is 0.137. The highest BCUT2D eigenvalue weighted by Gasteiger charge is 2.45. The van der Waals surface area contributed by atoms with Crippen LogP contribution in [0.15, 0.2) is 0 Å². The zero-order chi connectivity index (χ0) is 10.3. The Balaban J connectivity index is 1.66. The van der Waals surface area contributed by atoms with Crippen LogP contribution in [0, 0.1) is 23.7 Å². The van der Waals surface area contributed by atoms with Crippen molar-refractivity contribution in [3.05, 3.63) is 0 Å². The van der Waals surface area contributed by atoms with Crippen LogP contribution in [0.5, 0.6) is 0 Å². The van der Waals surface area contributed by atoms with E-state index in [9.17, 15) is 0 Å². The summed E-state index contributed by atoms with van der Waals surface area (Å²) in [7, 11) is 0. The van der Waals surface area contributed by atoms with Crippen molar-refractivity contribution >= 4 is 0 Å². The van der Waals surface area contributed by atoms with Crippen LogP contribution in [0.2, 0.25) is 0 Å². The molecule has 1 heteroatoms. The van der Waals surface area contributed by atoms with E-state index in [2.05, 4.69) is 12.2 Å². The van der Waals surface area contributed by atoms with Crippen LogP contribution in [-0.2, 0) is 0 Å². The van der Waals surface area contributed by atoms with Gasteiger partial charge in [0.05, 0.1) is 0 Å². The minimum absolute atomic E-state index is 0.888. The molecule has 1 N–H and O–H groups in total. The van der Waals surface area contributed by atoms with Gasteiger partial charge in [-0.05, 0) is 62.3 Å². The Kier molecular flexibility index (Phi) is 2.76. The third-order valence-corrected chi connectivity index (χ3v) is 5.35. The standard InChI is InChI=1S/C14H25N/c1-2-15-14(11-4-3-5-11)13-9-10-6-7-12(13)8-10/h10-15H,2-9H2,1H3. The number of nitrogens with one attached hydrogen (secondary N) is 1. The van der Waals surface area contributed by atoms with Gasteiger partial charge in [0.2, 0.25) is 0 Å². The molecular weight excluding hydrogens is 182 g/mol. The summed E-state index contributed by atoms with van der Waals surface area (Å²) < 4.78 is 0. The molecule has 0 spiro atoms. The lowest BCUT2D eigenvalue weighted by atomic mass is 9.70. The molecule has 3 aliphatic carbocycles. The molecule has 4 atom stereocenters. The van der Waals surface area contributed by atoms with Gasteiger partial charge < -0.3 is 5.32 Å². The Morgan fingerprint density at radius 3 is 2.47 bits per heavy atom. The molecular formula is C14H25N. The molecule has 3 saturated carbocycles. The fourth-order valence-corrected chi connectivity index (χ4v) is 4.44. The second-order valence-corrected chi connectivity index (χ2v) is 6.11. The fraction of sp³-hybridized carbons (Fsp3) is 1.00. The number of hydrogen-bond donors (Lipinski definition) is 1. The van der Waals surface area contributed by atoms with E-state index in [0.29, 0.717) is 0 Å². The molecule has 86 valence electrons. The molecule has 1 nitrogen and oxygen atoms in total. The number of rotatable bonds is 4. The summed E-state index contributed by atoms with van der Waals surface area (Å²) in [6.07, 6.45) is 10.7. The first-order valence-electron chi connectivity index (χ1n) is 7.12. The van der Waals surface area contributed by atoms with Crippen molar-refractivity contribution in [2.75, 3.05) is 6.54 Å². The van der Waals surface area contributed by atoms with E-state index in [1.165, 1.54) is 25.8 Å². The maximum atomic E-state index is 3.81. The molecule has 3 fully saturated rings. The van der Waals surface area contributed by atoms with Crippen molar-refractivity contribution in [1.29, 1.82) is 0 Å². The van der Waals surface area contributed by atoms with Gasteiger partial charge in [-0.2, -0.15) is 0 Å². The van der Waals surface area contributed by atoms with Gasteiger partial charge in [0.25, 0.3) is 0 Å². The van der Waals surface area contributed by atoms with E-state index >= 15 is 0 Å². The Morgan fingerprint density at radius 1 is 1.13 bits per heavy atom. The van der Waals surface area contributed by atoms with Gasteiger partial charge in [0.1, 0.15) is 0 Å². The van der Waals surface area contributed by atoms with Crippen LogP contribution >= 0.6 is 0 Å². The molecule has 0 radical (unpaired) electrons. The molecule has 0 saturated heterocycles. The summed E-state index contributed by atoms with van der Waals surface area (Å²) >= 11 is 0. The molecule has 0 aromatic heterocycles. The molecule has 4 unspecified atom stereocenters. The maximum absolute atomic E-state index is 3.81. The van der Waals surface area contributed by atoms with Crippen LogP contribution in [0.1, 0.15) is 51.9 Å². The van der Waals surface area contributed by atoms with E-state index in [4.69, 9.17) is 0 Å². The summed E-state index contributed by atoms with van der Waals surface area (Å²) in [6, 6.07) is 0.888. The Labute approximate surface area is 94.0 Å². The SMILES string of the molecule is CCNC(C1CCC1)C1CC2CCC1C2. The molecule has 0 amide bonds. The van der Waals surface area contributed by atoms with Gasteiger partial charge in [-0.15, -0.1) is 0 Å². The van der Waals surface area contributed by atoms with Crippen molar-refractivity contribution in [2.45, 2.75) is 57.9 Å². The van der Waals surface area contributed by atoms with E-state index in [0.717, 1.165) is 29.7 Å². The van der Waals surface area contributed by atoms with E-state index in [1.54, 1.807) is 25.7 Å². The average Bonchev–Trinajstić information content (AvgIpc) is 2.74. The summed E-state index contributed by atoms with van der Waals surface area (Å²) in [4.78, 5) is 0. The maximum Gasteiger partial charge on any atom is 0.0126 e. The number of fused-ring (bicyclic) bond motifs is 2. The smallest absolute Gasteiger partial charge is 0.0126 e. The third kappa shape index (κ3) is 1.73. The van der Waals surface area contributed by atoms with Crippen molar-refractivity contribution in [3.8, 4) is 0 Å². The van der Waals surface area contributed by atoms with Crippen LogP contribution in [-0.4, -0.2) is 12.6 Å². The molecule has 3 rings (SSSR count). The second kappa shape index (κ2) is 4.08. The molecule has 0 aliphatic heterocycles. The summed E-state index contributed by atoms with van der Waals surface area (Å²) in [5.41, 5.74) is 0. The largest absolute Gasteiger partial charge is 0.314 e. The van der Waals surface area contributed by atoms with Crippen LogP contribution < -0.4 is 5.32 Å². The minimum Gasteiger partial charge on any atom is -0.314 e. The van der Waals surface area contributed by atoms with E-state index in [1.807, 2.05) is 0 Å². The van der Waals surface area contributed by atoms with Crippen LogP contribution in [0.25, 0.3) is 0 Å². The first kappa shape index (κ1) is 10.1. The lowest BCUT2D eigenvalue weighted by Crippen LogP contribution is -2.46. The molecule has 2 bridgehead atoms. The Hall–Kier alpha value is -0.0400. The molecule has 3 aliphatic rings. The quantitative estimate of drug-likeness (QED) is 0.746.